The molecule has 0 amide bonds. The first kappa shape index (κ1) is 14.9. The molecule has 0 spiro atoms. The zero-order valence-electron chi connectivity index (χ0n) is 9.12. The van der Waals surface area contributed by atoms with E-state index in [1.807, 2.05) is 41.6 Å². The van der Waals surface area contributed by atoms with Gasteiger partial charge in [0.1, 0.15) is 0 Å². The van der Waals surface area contributed by atoms with Crippen molar-refractivity contribution in [3.63, 3.8) is 0 Å². The van der Waals surface area contributed by atoms with Crippen LogP contribution in [-0.4, -0.2) is 30.2 Å². The maximum absolute atomic E-state index is 10.4. The van der Waals surface area contributed by atoms with Crippen LogP contribution in [0.15, 0.2) is 36.7 Å². The second-order valence-corrected chi connectivity index (χ2v) is 4.85. The zero-order valence-corrected chi connectivity index (χ0v) is 9.94. The van der Waals surface area contributed by atoms with Crippen LogP contribution in [0.4, 0.5) is 0 Å². The smallest absolute Gasteiger partial charge is 0.264 e. The molecule has 1 aliphatic heterocycles. The zero-order chi connectivity index (χ0) is 11.1. The highest BCUT2D eigenvalue weighted by Gasteiger charge is 2.01. The Balaban J connectivity index is 0.00000225. The van der Waals surface area contributed by atoms with E-state index >= 15 is 0 Å². The van der Waals surface area contributed by atoms with Crippen molar-refractivity contribution in [1.29, 1.82) is 0 Å². The molecular formula is C10H18N2O3S. The molecule has 0 atom stereocenters. The summed E-state index contributed by atoms with van der Waals surface area (Å²) in [6.07, 6.45) is 12.8. The van der Waals surface area contributed by atoms with Crippen LogP contribution < -0.4 is 6.15 Å². The van der Waals surface area contributed by atoms with E-state index in [1.165, 1.54) is 0 Å². The Morgan fingerprint density at radius 3 is 2.69 bits per heavy atom. The number of unbranched alkanes of at least 4 members (excludes halogenated alkanes) is 1. The van der Waals surface area contributed by atoms with E-state index in [0.717, 1.165) is 6.54 Å². The molecule has 1 aliphatic rings. The Hall–Kier alpha value is -1.11. The molecule has 0 unspecified atom stereocenters. The summed E-state index contributed by atoms with van der Waals surface area (Å²) >= 11 is 0. The maximum Gasteiger partial charge on any atom is 0.264 e. The van der Waals surface area contributed by atoms with Crippen molar-refractivity contribution in [3.05, 3.63) is 36.7 Å². The predicted molar refractivity (Wildman–Crippen MR) is 64.8 cm³/mol. The Morgan fingerprint density at radius 2 is 2.12 bits per heavy atom. The molecule has 0 aromatic rings. The second kappa shape index (κ2) is 7.21. The van der Waals surface area contributed by atoms with Crippen LogP contribution in [0.1, 0.15) is 12.8 Å². The van der Waals surface area contributed by atoms with E-state index < -0.39 is 10.1 Å². The minimum atomic E-state index is -3.80. The lowest BCUT2D eigenvalue weighted by Gasteiger charge is -2.14. The Morgan fingerprint density at radius 1 is 1.38 bits per heavy atom. The number of hydrogen-bond acceptors (Lipinski definition) is 4. The maximum atomic E-state index is 10.4. The molecule has 92 valence electrons. The van der Waals surface area contributed by atoms with E-state index in [0.29, 0.717) is 12.8 Å². The monoisotopic (exact) mass is 246 g/mol. The van der Waals surface area contributed by atoms with Gasteiger partial charge in [-0.1, -0.05) is 18.2 Å². The quantitative estimate of drug-likeness (QED) is 0.569. The summed E-state index contributed by atoms with van der Waals surface area (Å²) in [5.74, 6) is -0.174. The van der Waals surface area contributed by atoms with Crippen molar-refractivity contribution in [2.24, 2.45) is 0 Å². The average Bonchev–Trinajstić information content (AvgIpc) is 2.17. The molecule has 4 N–H and O–H groups in total. The van der Waals surface area contributed by atoms with Gasteiger partial charge < -0.3 is 11.1 Å². The van der Waals surface area contributed by atoms with Gasteiger partial charge in [-0.15, -0.1) is 0 Å². The van der Waals surface area contributed by atoms with Crippen LogP contribution >= 0.6 is 0 Å². The Labute approximate surface area is 96.5 Å². The number of nitrogens with zero attached hydrogens (tertiary/aromatic N) is 1. The standard InChI is InChI=1S/C10H15NO3S.H3N/c12-15(13,14)10-6-2-5-9-11-7-3-1-4-8-11;/h1,3-5,7,9H,2,6,8,10H2,(H,12,13,14);1H3. The molecule has 6 heteroatoms. The molecule has 0 aliphatic carbocycles. The summed E-state index contributed by atoms with van der Waals surface area (Å²) in [5.41, 5.74) is 0. The minimum absolute atomic E-state index is 0. The lowest BCUT2D eigenvalue weighted by Crippen LogP contribution is -2.10. The highest BCUT2D eigenvalue weighted by Crippen LogP contribution is 2.01. The van der Waals surface area contributed by atoms with Crippen molar-refractivity contribution in [3.8, 4) is 0 Å². The van der Waals surface area contributed by atoms with Crippen molar-refractivity contribution < 1.29 is 13.0 Å². The van der Waals surface area contributed by atoms with Crippen LogP contribution in [0.25, 0.3) is 0 Å². The van der Waals surface area contributed by atoms with Gasteiger partial charge in [0.25, 0.3) is 10.1 Å². The van der Waals surface area contributed by atoms with Gasteiger partial charge in [-0.25, -0.2) is 0 Å². The van der Waals surface area contributed by atoms with Crippen molar-refractivity contribution in [2.45, 2.75) is 12.8 Å². The van der Waals surface area contributed by atoms with Crippen LogP contribution in [0.5, 0.6) is 0 Å². The molecule has 0 aromatic carbocycles. The van der Waals surface area contributed by atoms with Gasteiger partial charge in [0, 0.05) is 12.7 Å². The van der Waals surface area contributed by atoms with Crippen LogP contribution in [-0.2, 0) is 10.1 Å². The second-order valence-electron chi connectivity index (χ2n) is 3.28. The topological polar surface area (TPSA) is 92.6 Å². The van der Waals surface area contributed by atoms with Gasteiger partial charge >= 0.3 is 0 Å². The highest BCUT2D eigenvalue weighted by atomic mass is 32.2. The molecular weight excluding hydrogens is 228 g/mol. The molecule has 0 fully saturated rings. The lowest BCUT2D eigenvalue weighted by atomic mass is 10.3. The summed E-state index contributed by atoms with van der Waals surface area (Å²) in [6.45, 7) is 0.839. The molecule has 0 radical (unpaired) electrons. The fraction of sp³-hybridized carbons (Fsp3) is 0.400. The van der Waals surface area contributed by atoms with E-state index in [2.05, 4.69) is 0 Å². The molecule has 0 bridgehead atoms. The number of allylic oxidation sites excluding steroid dienone is 3. The van der Waals surface area contributed by atoms with Crippen molar-refractivity contribution in [1.82, 2.24) is 11.1 Å². The van der Waals surface area contributed by atoms with E-state index in [-0.39, 0.29) is 11.9 Å². The third-order valence-electron chi connectivity index (χ3n) is 1.91. The van der Waals surface area contributed by atoms with Gasteiger partial charge in [0.05, 0.1) is 5.75 Å². The molecule has 0 saturated heterocycles. The third kappa shape index (κ3) is 7.22. The third-order valence-corrected chi connectivity index (χ3v) is 2.72. The van der Waals surface area contributed by atoms with Crippen LogP contribution in [0.2, 0.25) is 0 Å². The van der Waals surface area contributed by atoms with Gasteiger partial charge in [-0.3, -0.25) is 4.55 Å². The fourth-order valence-corrected chi connectivity index (χ4v) is 1.72. The summed E-state index contributed by atoms with van der Waals surface area (Å²) < 4.78 is 29.3. The predicted octanol–water partition coefficient (Wildman–Crippen LogP) is 1.72. The number of hydrogen-bond donors (Lipinski definition) is 2. The Bertz CT molecular complexity index is 372. The van der Waals surface area contributed by atoms with Crippen molar-refractivity contribution >= 4 is 10.1 Å². The summed E-state index contributed by atoms with van der Waals surface area (Å²) in [7, 11) is -3.80. The number of rotatable bonds is 5. The van der Waals surface area contributed by atoms with Gasteiger partial charge in [-0.05, 0) is 25.1 Å². The van der Waals surface area contributed by atoms with Gasteiger partial charge in [-0.2, -0.15) is 8.42 Å². The Kier molecular flexibility index (Phi) is 6.71. The average molecular weight is 246 g/mol. The summed E-state index contributed by atoms with van der Waals surface area (Å²) in [5, 5.41) is 0. The summed E-state index contributed by atoms with van der Waals surface area (Å²) in [4.78, 5) is 1.99. The first-order valence-electron chi connectivity index (χ1n) is 4.79. The van der Waals surface area contributed by atoms with Gasteiger partial charge in [0.2, 0.25) is 0 Å². The van der Waals surface area contributed by atoms with E-state index in [4.69, 9.17) is 4.55 Å². The lowest BCUT2D eigenvalue weighted by molar-refractivity contribution is 0.481. The fourth-order valence-electron chi connectivity index (χ4n) is 1.19. The van der Waals surface area contributed by atoms with Crippen molar-refractivity contribution in [2.75, 3.05) is 12.3 Å². The minimum Gasteiger partial charge on any atom is -0.351 e. The van der Waals surface area contributed by atoms with Gasteiger partial charge in [0.15, 0.2) is 0 Å². The van der Waals surface area contributed by atoms with Crippen LogP contribution in [0.3, 0.4) is 0 Å². The molecule has 1 rings (SSSR count). The van der Waals surface area contributed by atoms with E-state index in [9.17, 15) is 8.42 Å². The molecule has 16 heavy (non-hydrogen) atoms. The van der Waals surface area contributed by atoms with E-state index in [1.54, 1.807) is 0 Å². The first-order valence-corrected chi connectivity index (χ1v) is 6.40. The molecule has 5 nitrogen and oxygen atoms in total. The molecule has 0 saturated carbocycles. The highest BCUT2D eigenvalue weighted by molar-refractivity contribution is 7.85. The summed E-state index contributed by atoms with van der Waals surface area (Å²) in [6, 6.07) is 0. The van der Waals surface area contributed by atoms with Crippen LogP contribution in [0, 0.1) is 0 Å². The molecule has 0 aromatic heterocycles. The first-order chi connectivity index (χ1) is 7.08. The largest absolute Gasteiger partial charge is 0.351 e. The normalized spacial score (nSPS) is 15.4. The SMILES string of the molecule is N.O=S(=O)(O)CCCC=CN1C=CC=CC1. The molecule has 1 heterocycles.